The Kier molecular flexibility index (Phi) is 20.6. The SMILES string of the molecule is CCO.O=Cc1cc(Br)co1.OCc1cc(Br)co1.[B].[H-].[Na+]. The van der Waals surface area contributed by atoms with Crippen LogP contribution in [0.4, 0.5) is 0 Å². The number of aldehydes is 1. The smallest absolute Gasteiger partial charge is 1.00 e. The molecule has 0 amide bonds. The Bertz CT molecular complexity index is 482. The molecule has 0 fully saturated rings. The molecule has 0 saturated heterocycles. The molecule has 0 atom stereocenters. The van der Waals surface area contributed by atoms with Gasteiger partial charge < -0.3 is 20.5 Å². The van der Waals surface area contributed by atoms with Crippen LogP contribution in [0.25, 0.3) is 0 Å². The van der Waals surface area contributed by atoms with E-state index in [2.05, 4.69) is 31.9 Å². The molecule has 0 aliphatic heterocycles. The van der Waals surface area contributed by atoms with Crippen LogP contribution in [0.5, 0.6) is 0 Å². The summed E-state index contributed by atoms with van der Waals surface area (Å²) in [5, 5.41) is 16.0. The quantitative estimate of drug-likeness (QED) is 0.520. The topological polar surface area (TPSA) is 83.8 Å². The third kappa shape index (κ3) is 13.6. The van der Waals surface area contributed by atoms with Gasteiger partial charge in [-0.3, -0.25) is 4.79 Å². The maximum Gasteiger partial charge on any atom is 1.00 e. The van der Waals surface area contributed by atoms with Gasteiger partial charge in [-0.15, -0.1) is 0 Å². The van der Waals surface area contributed by atoms with Crippen molar-refractivity contribution in [2.75, 3.05) is 6.61 Å². The number of furan rings is 2. The van der Waals surface area contributed by atoms with Gasteiger partial charge in [0.15, 0.2) is 12.0 Å². The summed E-state index contributed by atoms with van der Waals surface area (Å²) in [5.41, 5.74) is 0. The van der Waals surface area contributed by atoms with Gasteiger partial charge in [-0.25, -0.2) is 0 Å². The van der Waals surface area contributed by atoms with Crippen LogP contribution in [-0.2, 0) is 6.61 Å². The van der Waals surface area contributed by atoms with Crippen molar-refractivity contribution in [1.82, 2.24) is 0 Å². The minimum absolute atomic E-state index is 0. The van der Waals surface area contributed by atoms with E-state index in [1.54, 1.807) is 19.1 Å². The number of carbonyl (C=O) groups excluding carboxylic acids is 1. The summed E-state index contributed by atoms with van der Waals surface area (Å²) in [6.07, 6.45) is 3.65. The van der Waals surface area contributed by atoms with Gasteiger partial charge in [-0.05, 0) is 44.8 Å². The van der Waals surface area contributed by atoms with Crippen LogP contribution in [0.15, 0.2) is 42.4 Å². The molecule has 0 unspecified atom stereocenters. The molecule has 0 saturated carbocycles. The summed E-state index contributed by atoms with van der Waals surface area (Å²) >= 11 is 6.29. The average molecular weight is 433 g/mol. The van der Waals surface area contributed by atoms with Crippen LogP contribution >= 0.6 is 31.9 Å². The van der Waals surface area contributed by atoms with Gasteiger partial charge in [0, 0.05) is 21.1 Å². The summed E-state index contributed by atoms with van der Waals surface area (Å²) in [6.45, 7) is 1.89. The number of aliphatic hydroxyl groups excluding tert-OH is 2. The van der Waals surface area contributed by atoms with Crippen molar-refractivity contribution in [2.24, 2.45) is 0 Å². The van der Waals surface area contributed by atoms with E-state index in [1.807, 2.05) is 0 Å². The van der Waals surface area contributed by atoms with Crippen molar-refractivity contribution >= 4 is 46.6 Å². The van der Waals surface area contributed by atoms with E-state index in [0.29, 0.717) is 17.8 Å². The van der Waals surface area contributed by atoms with E-state index >= 15 is 0 Å². The number of hydrogen-bond donors (Lipinski definition) is 2. The first-order valence-corrected chi connectivity index (χ1v) is 6.79. The molecular formula is C12H15BBr2NaO5. The molecule has 2 rings (SSSR count). The number of aliphatic hydroxyl groups is 2. The predicted molar refractivity (Wildman–Crippen MR) is 83.8 cm³/mol. The third-order valence-electron chi connectivity index (χ3n) is 1.48. The zero-order valence-corrected chi connectivity index (χ0v) is 16.9. The van der Waals surface area contributed by atoms with Gasteiger partial charge in [-0.1, -0.05) is 0 Å². The van der Waals surface area contributed by atoms with Crippen molar-refractivity contribution < 1.29 is 54.8 Å². The monoisotopic (exact) mass is 431 g/mol. The van der Waals surface area contributed by atoms with Crippen LogP contribution in [0.1, 0.15) is 24.7 Å². The van der Waals surface area contributed by atoms with Crippen LogP contribution in [0.3, 0.4) is 0 Å². The summed E-state index contributed by atoms with van der Waals surface area (Å²) < 4.78 is 11.2. The average Bonchev–Trinajstić information content (AvgIpc) is 2.99. The van der Waals surface area contributed by atoms with Gasteiger partial charge in [0.1, 0.15) is 24.9 Å². The van der Waals surface area contributed by atoms with Gasteiger partial charge in [0.2, 0.25) is 0 Å². The van der Waals surface area contributed by atoms with E-state index in [4.69, 9.17) is 19.0 Å². The van der Waals surface area contributed by atoms with E-state index in [-0.39, 0.29) is 52.6 Å². The van der Waals surface area contributed by atoms with E-state index < -0.39 is 0 Å². The summed E-state index contributed by atoms with van der Waals surface area (Å²) in [6, 6.07) is 3.33. The van der Waals surface area contributed by atoms with Crippen LogP contribution in [0.2, 0.25) is 0 Å². The Labute approximate surface area is 165 Å². The maximum atomic E-state index is 9.91. The standard InChI is InChI=1S/C5H5BrO2.C5H3BrO2.C2H6O.B.Na.H/c2*6-4-1-5(2-7)8-3-4;1-2-3;;;/h1,3,7H,2H2;1-3H;3H,2H2,1H3;;;/q;;;;+1;-1. The minimum Gasteiger partial charge on any atom is -1.00 e. The minimum atomic E-state index is -0.0361. The molecule has 2 aromatic rings. The summed E-state index contributed by atoms with van der Waals surface area (Å²) in [4.78, 5) is 9.91. The zero-order chi connectivity index (χ0) is 14.7. The van der Waals surface area contributed by atoms with Crippen molar-refractivity contribution in [3.8, 4) is 0 Å². The molecule has 3 radical (unpaired) electrons. The van der Waals surface area contributed by atoms with Gasteiger partial charge in [0.05, 0.1) is 8.95 Å². The Balaban J connectivity index is -0.000000112. The number of rotatable bonds is 2. The normalized spacial score (nSPS) is 8.05. The molecule has 0 aromatic carbocycles. The van der Waals surface area contributed by atoms with Crippen LogP contribution in [0, 0.1) is 0 Å². The van der Waals surface area contributed by atoms with Crippen molar-refractivity contribution in [1.29, 1.82) is 0 Å². The summed E-state index contributed by atoms with van der Waals surface area (Å²) in [5.74, 6) is 0.925. The molecule has 0 aliphatic carbocycles. The molecular weight excluding hydrogens is 418 g/mol. The first-order valence-electron chi connectivity index (χ1n) is 5.21. The molecule has 111 valence electrons. The molecule has 2 aromatic heterocycles. The Morgan fingerprint density at radius 1 is 1.19 bits per heavy atom. The molecule has 21 heavy (non-hydrogen) atoms. The van der Waals surface area contributed by atoms with Gasteiger partial charge >= 0.3 is 29.6 Å². The molecule has 0 aliphatic rings. The molecule has 0 spiro atoms. The number of halogens is 2. The second kappa shape index (κ2) is 16.5. The Morgan fingerprint density at radius 2 is 1.67 bits per heavy atom. The predicted octanol–water partition coefficient (Wildman–Crippen LogP) is 0.123. The Hall–Kier alpha value is 0.175. The fraction of sp³-hybridized carbons (Fsp3) is 0.250. The fourth-order valence-electron chi connectivity index (χ4n) is 0.827. The second-order valence-corrected chi connectivity index (χ2v) is 4.82. The number of carbonyl (C=O) groups is 1. The van der Waals surface area contributed by atoms with Crippen LogP contribution in [-0.4, -0.2) is 31.5 Å². The van der Waals surface area contributed by atoms with Crippen LogP contribution < -0.4 is 29.6 Å². The largest absolute Gasteiger partial charge is 1.00 e. The number of hydrogen-bond acceptors (Lipinski definition) is 5. The maximum absolute atomic E-state index is 9.91. The third-order valence-corrected chi connectivity index (χ3v) is 2.31. The molecule has 0 bridgehead atoms. The zero-order valence-electron chi connectivity index (χ0n) is 12.8. The van der Waals surface area contributed by atoms with Crippen molar-refractivity contribution in [3.63, 3.8) is 0 Å². The van der Waals surface area contributed by atoms with Crippen molar-refractivity contribution in [2.45, 2.75) is 13.5 Å². The first kappa shape index (κ1) is 26.1. The molecule has 2 heterocycles. The van der Waals surface area contributed by atoms with E-state index in [0.717, 1.165) is 8.95 Å². The summed E-state index contributed by atoms with van der Waals surface area (Å²) in [7, 11) is 0. The second-order valence-electron chi connectivity index (χ2n) is 2.99. The fourth-order valence-corrected chi connectivity index (χ4v) is 1.49. The molecule has 9 heteroatoms. The van der Waals surface area contributed by atoms with E-state index in [1.165, 1.54) is 12.5 Å². The van der Waals surface area contributed by atoms with Gasteiger partial charge in [-0.2, -0.15) is 0 Å². The van der Waals surface area contributed by atoms with Gasteiger partial charge in [0.25, 0.3) is 0 Å². The first-order chi connectivity index (χ1) is 9.07. The molecule has 5 nitrogen and oxygen atoms in total. The van der Waals surface area contributed by atoms with Crippen molar-refractivity contribution in [3.05, 3.63) is 45.1 Å². The van der Waals surface area contributed by atoms with E-state index in [9.17, 15) is 4.79 Å². The Morgan fingerprint density at radius 3 is 1.86 bits per heavy atom. The molecule has 2 N–H and O–H groups in total.